The third-order valence-electron chi connectivity index (χ3n) is 3.88. The summed E-state index contributed by atoms with van der Waals surface area (Å²) < 4.78 is 32.6. The van der Waals surface area contributed by atoms with Gasteiger partial charge in [-0.05, 0) is 13.0 Å². The number of fused-ring (bicyclic) bond motifs is 1. The maximum absolute atomic E-state index is 12.8. The summed E-state index contributed by atoms with van der Waals surface area (Å²) in [7, 11) is -4.47. The number of rotatable bonds is 4. The van der Waals surface area contributed by atoms with Crippen LogP contribution in [-0.2, 0) is 19.7 Å². The summed E-state index contributed by atoms with van der Waals surface area (Å²) in [6.07, 6.45) is 0. The largest absolute Gasteiger partial charge is 0.748 e. The monoisotopic (exact) mass is 397 g/mol. The number of likely N-dealkylation sites (N-methyl/N-ethyl adjacent to an activating group) is 1. The predicted octanol–water partition coefficient (Wildman–Crippen LogP) is 1.17. The van der Waals surface area contributed by atoms with E-state index in [-0.39, 0.29) is 27.3 Å². The second-order valence-corrected chi connectivity index (χ2v) is 8.53. The SMILES string of the molecule is CCN1C(=O)/C(=C2\SC(=S)N(CCS(=O)(=O)[O-])C2=O)c2ccccc21. The van der Waals surface area contributed by atoms with Gasteiger partial charge in [0, 0.05) is 18.7 Å². The van der Waals surface area contributed by atoms with Crippen molar-refractivity contribution in [1.29, 1.82) is 0 Å². The average Bonchev–Trinajstić information content (AvgIpc) is 2.97. The minimum Gasteiger partial charge on any atom is -0.748 e. The molecule has 0 radical (unpaired) electrons. The van der Waals surface area contributed by atoms with Crippen LogP contribution in [0.5, 0.6) is 0 Å². The van der Waals surface area contributed by atoms with Gasteiger partial charge in [0.25, 0.3) is 11.8 Å². The van der Waals surface area contributed by atoms with Crippen LogP contribution in [0.3, 0.4) is 0 Å². The number of carbonyl (C=O) groups excluding carboxylic acids is 2. The number of nitrogens with zero attached hydrogens (tertiary/aromatic N) is 2. The number of anilines is 1. The summed E-state index contributed by atoms with van der Waals surface area (Å²) in [5, 5.41) is 0. The maximum atomic E-state index is 12.8. The zero-order chi connectivity index (χ0) is 18.4. The maximum Gasteiger partial charge on any atom is 0.267 e. The second kappa shape index (κ2) is 6.52. The van der Waals surface area contributed by atoms with Crippen molar-refractivity contribution < 1.29 is 22.6 Å². The number of thioether (sulfide) groups is 1. The van der Waals surface area contributed by atoms with E-state index in [0.29, 0.717) is 12.1 Å². The molecular formula is C15H13N2O5S3-. The first-order valence-electron chi connectivity index (χ1n) is 7.37. The average molecular weight is 397 g/mol. The number of thiocarbonyl (C=S) groups is 1. The Labute approximate surface area is 154 Å². The van der Waals surface area contributed by atoms with E-state index in [4.69, 9.17) is 12.2 Å². The van der Waals surface area contributed by atoms with Crippen molar-refractivity contribution in [3.8, 4) is 0 Å². The fraction of sp³-hybridized carbons (Fsp3) is 0.267. The highest BCUT2D eigenvalue weighted by Gasteiger charge is 2.41. The van der Waals surface area contributed by atoms with E-state index in [1.807, 2.05) is 13.0 Å². The Morgan fingerprint density at radius 1 is 1.16 bits per heavy atom. The van der Waals surface area contributed by atoms with E-state index in [1.54, 1.807) is 23.1 Å². The van der Waals surface area contributed by atoms with E-state index in [0.717, 1.165) is 22.3 Å². The third kappa shape index (κ3) is 3.22. The Hall–Kier alpha value is -1.75. The molecule has 2 amide bonds. The molecule has 1 saturated heterocycles. The highest BCUT2D eigenvalue weighted by atomic mass is 32.2. The van der Waals surface area contributed by atoms with E-state index in [2.05, 4.69) is 0 Å². The van der Waals surface area contributed by atoms with E-state index in [9.17, 15) is 22.6 Å². The van der Waals surface area contributed by atoms with Crippen LogP contribution in [-0.4, -0.2) is 52.8 Å². The molecule has 25 heavy (non-hydrogen) atoms. The molecule has 0 atom stereocenters. The van der Waals surface area contributed by atoms with Gasteiger partial charge < -0.3 is 9.45 Å². The number of amides is 2. The van der Waals surface area contributed by atoms with Gasteiger partial charge in [-0.15, -0.1) is 0 Å². The van der Waals surface area contributed by atoms with Crippen molar-refractivity contribution in [2.75, 3.05) is 23.7 Å². The van der Waals surface area contributed by atoms with Crippen molar-refractivity contribution in [3.05, 3.63) is 34.7 Å². The van der Waals surface area contributed by atoms with Gasteiger partial charge in [-0.1, -0.05) is 42.2 Å². The van der Waals surface area contributed by atoms with Gasteiger partial charge in [-0.25, -0.2) is 8.42 Å². The predicted molar refractivity (Wildman–Crippen MR) is 97.9 cm³/mol. The molecule has 2 heterocycles. The molecule has 2 aliphatic rings. The quantitative estimate of drug-likeness (QED) is 0.427. The van der Waals surface area contributed by atoms with Crippen LogP contribution in [0.15, 0.2) is 29.2 Å². The molecule has 132 valence electrons. The van der Waals surface area contributed by atoms with Crippen molar-refractivity contribution in [3.63, 3.8) is 0 Å². The molecule has 0 aliphatic carbocycles. The Kier molecular flexibility index (Phi) is 4.71. The van der Waals surface area contributed by atoms with Crippen LogP contribution < -0.4 is 4.90 Å². The second-order valence-electron chi connectivity index (χ2n) is 5.36. The Bertz CT molecular complexity index is 923. The molecule has 10 heteroatoms. The molecule has 0 spiro atoms. The first-order valence-corrected chi connectivity index (χ1v) is 10.2. The van der Waals surface area contributed by atoms with Crippen molar-refractivity contribution in [2.24, 2.45) is 0 Å². The molecular weight excluding hydrogens is 384 g/mol. The zero-order valence-corrected chi connectivity index (χ0v) is 15.5. The topological polar surface area (TPSA) is 97.8 Å². The molecule has 1 aromatic carbocycles. The summed E-state index contributed by atoms with van der Waals surface area (Å²) in [4.78, 5) is 28.2. The molecule has 7 nitrogen and oxygen atoms in total. The van der Waals surface area contributed by atoms with Crippen LogP contribution in [0.1, 0.15) is 12.5 Å². The van der Waals surface area contributed by atoms with E-state index >= 15 is 0 Å². The van der Waals surface area contributed by atoms with E-state index in [1.165, 1.54) is 0 Å². The van der Waals surface area contributed by atoms with Crippen LogP contribution in [0.25, 0.3) is 5.57 Å². The summed E-state index contributed by atoms with van der Waals surface area (Å²) in [6.45, 7) is 1.97. The van der Waals surface area contributed by atoms with Gasteiger partial charge in [0.2, 0.25) is 0 Å². The molecule has 3 rings (SSSR count). The lowest BCUT2D eigenvalue weighted by atomic mass is 10.1. The standard InChI is InChI=1S/C15H14N2O5S3/c1-2-16-10-6-4-3-5-9(10)11(13(16)18)12-14(19)17(15(23)24-12)7-8-25(20,21)22/h3-6H,2,7-8H2,1H3,(H,20,21,22)/p-1/b12-11-. The van der Waals surface area contributed by atoms with Crippen molar-refractivity contribution in [2.45, 2.75) is 6.92 Å². The lowest BCUT2D eigenvalue weighted by Crippen LogP contribution is -2.33. The molecule has 0 N–H and O–H groups in total. The molecule has 0 bridgehead atoms. The minimum atomic E-state index is -4.47. The van der Waals surface area contributed by atoms with Gasteiger partial charge in [0.15, 0.2) is 0 Å². The Morgan fingerprint density at radius 3 is 2.48 bits per heavy atom. The molecule has 1 fully saturated rings. The van der Waals surface area contributed by atoms with Crippen molar-refractivity contribution >= 4 is 61.5 Å². The first kappa shape index (κ1) is 18.1. The molecule has 0 saturated carbocycles. The fourth-order valence-electron chi connectivity index (χ4n) is 2.76. The Morgan fingerprint density at radius 2 is 1.84 bits per heavy atom. The molecule has 0 unspecified atom stereocenters. The van der Waals surface area contributed by atoms with Crippen LogP contribution in [0.2, 0.25) is 0 Å². The van der Waals surface area contributed by atoms with Crippen LogP contribution in [0, 0.1) is 0 Å². The number of para-hydroxylation sites is 1. The van der Waals surface area contributed by atoms with Crippen LogP contribution in [0.4, 0.5) is 5.69 Å². The molecule has 2 aliphatic heterocycles. The molecule has 0 aromatic heterocycles. The summed E-state index contributed by atoms with van der Waals surface area (Å²) in [5.41, 5.74) is 1.63. The van der Waals surface area contributed by atoms with Crippen molar-refractivity contribution in [1.82, 2.24) is 4.90 Å². The highest BCUT2D eigenvalue weighted by Crippen LogP contribution is 2.44. The van der Waals surface area contributed by atoms with Gasteiger partial charge >= 0.3 is 0 Å². The summed E-state index contributed by atoms with van der Waals surface area (Å²) in [5.74, 6) is -1.57. The lowest BCUT2D eigenvalue weighted by molar-refractivity contribution is -0.122. The number of benzene rings is 1. The van der Waals surface area contributed by atoms with Crippen LogP contribution >= 0.6 is 24.0 Å². The minimum absolute atomic E-state index is 0.136. The zero-order valence-electron chi connectivity index (χ0n) is 13.1. The number of carbonyl (C=O) groups is 2. The van der Waals surface area contributed by atoms with Gasteiger partial charge in [0.1, 0.15) is 4.32 Å². The van der Waals surface area contributed by atoms with Gasteiger partial charge in [-0.2, -0.15) is 0 Å². The summed E-state index contributed by atoms with van der Waals surface area (Å²) >= 11 is 6.08. The smallest absolute Gasteiger partial charge is 0.267 e. The third-order valence-corrected chi connectivity index (χ3v) is 6.01. The number of hydrogen-bond acceptors (Lipinski definition) is 7. The Balaban J connectivity index is 2.02. The first-order chi connectivity index (χ1) is 11.7. The number of hydrogen-bond donors (Lipinski definition) is 0. The summed E-state index contributed by atoms with van der Waals surface area (Å²) in [6, 6.07) is 7.14. The fourth-order valence-corrected chi connectivity index (χ4v) is 4.55. The normalized spacial score (nSPS) is 20.6. The lowest BCUT2D eigenvalue weighted by Gasteiger charge is -2.15. The van der Waals surface area contributed by atoms with Gasteiger partial charge in [0.05, 0.1) is 32.0 Å². The molecule has 1 aromatic rings. The van der Waals surface area contributed by atoms with Gasteiger partial charge in [-0.3, -0.25) is 14.5 Å². The highest BCUT2D eigenvalue weighted by molar-refractivity contribution is 8.26. The van der Waals surface area contributed by atoms with E-state index < -0.39 is 21.8 Å².